The molecular formula is C11H7Cl2NO. The molecule has 76 valence electrons. The predicted molar refractivity (Wildman–Crippen MR) is 61.8 cm³/mol. The lowest BCUT2D eigenvalue weighted by molar-refractivity contribution is 0.102. The molecule has 4 heteroatoms. The van der Waals surface area contributed by atoms with Crippen molar-refractivity contribution < 1.29 is 4.79 Å². The zero-order chi connectivity index (χ0) is 10.8. The van der Waals surface area contributed by atoms with Crippen molar-refractivity contribution >= 4 is 39.9 Å². The van der Waals surface area contributed by atoms with Gasteiger partial charge in [0.2, 0.25) is 0 Å². The van der Waals surface area contributed by atoms with Crippen LogP contribution in [0.2, 0.25) is 5.15 Å². The first kappa shape index (κ1) is 10.4. The molecule has 0 aliphatic rings. The number of halogens is 2. The average Bonchev–Trinajstić information content (AvgIpc) is 2.27. The molecule has 1 aromatic carbocycles. The zero-order valence-electron chi connectivity index (χ0n) is 7.71. The van der Waals surface area contributed by atoms with E-state index in [1.807, 2.05) is 24.3 Å². The normalized spacial score (nSPS) is 10.5. The first-order chi connectivity index (χ1) is 7.22. The lowest BCUT2D eigenvalue weighted by atomic mass is 10.1. The van der Waals surface area contributed by atoms with Crippen molar-refractivity contribution in [1.82, 2.24) is 4.98 Å². The van der Waals surface area contributed by atoms with Crippen LogP contribution in [-0.2, 0) is 0 Å². The van der Waals surface area contributed by atoms with Crippen LogP contribution in [0.25, 0.3) is 10.9 Å². The third-order valence-corrected chi connectivity index (χ3v) is 2.63. The number of fused-ring (bicyclic) bond motifs is 1. The lowest BCUT2D eigenvalue weighted by Gasteiger charge is -2.02. The first-order valence-corrected chi connectivity index (χ1v) is 5.28. The molecule has 2 nitrogen and oxygen atoms in total. The number of Topliss-reactive ketones (excluding diaryl/α,β-unsaturated/α-hetero) is 1. The zero-order valence-corrected chi connectivity index (χ0v) is 9.22. The van der Waals surface area contributed by atoms with Crippen molar-refractivity contribution in [2.75, 3.05) is 5.88 Å². The van der Waals surface area contributed by atoms with Gasteiger partial charge in [0.05, 0.1) is 17.0 Å². The summed E-state index contributed by atoms with van der Waals surface area (Å²) in [5.74, 6) is -0.292. The molecule has 1 aromatic heterocycles. The number of ketones is 1. The molecule has 0 atom stereocenters. The van der Waals surface area contributed by atoms with E-state index in [2.05, 4.69) is 4.98 Å². The van der Waals surface area contributed by atoms with Crippen LogP contribution >= 0.6 is 23.2 Å². The van der Waals surface area contributed by atoms with Gasteiger partial charge in [-0.25, -0.2) is 4.98 Å². The van der Waals surface area contributed by atoms with Crippen LogP contribution in [-0.4, -0.2) is 16.6 Å². The minimum atomic E-state index is -0.208. The summed E-state index contributed by atoms with van der Waals surface area (Å²) in [6, 6.07) is 9.19. The van der Waals surface area contributed by atoms with Gasteiger partial charge in [0.1, 0.15) is 5.15 Å². The Morgan fingerprint density at radius 3 is 2.80 bits per heavy atom. The number of alkyl halides is 1. The van der Waals surface area contributed by atoms with Gasteiger partial charge >= 0.3 is 0 Å². The highest BCUT2D eigenvalue weighted by molar-refractivity contribution is 6.37. The number of benzene rings is 1. The van der Waals surface area contributed by atoms with E-state index in [4.69, 9.17) is 23.2 Å². The summed E-state index contributed by atoms with van der Waals surface area (Å²) >= 11 is 11.4. The topological polar surface area (TPSA) is 30.0 Å². The van der Waals surface area contributed by atoms with Crippen molar-refractivity contribution in [3.8, 4) is 0 Å². The van der Waals surface area contributed by atoms with Gasteiger partial charge in [0.25, 0.3) is 0 Å². The number of aromatic nitrogens is 1. The average molecular weight is 240 g/mol. The van der Waals surface area contributed by atoms with Gasteiger partial charge in [-0.3, -0.25) is 4.79 Å². The smallest absolute Gasteiger partial charge is 0.180 e. The Labute approximate surface area is 96.8 Å². The molecule has 0 saturated carbocycles. The van der Waals surface area contributed by atoms with E-state index in [1.165, 1.54) is 0 Å². The quantitative estimate of drug-likeness (QED) is 0.458. The first-order valence-electron chi connectivity index (χ1n) is 4.37. The SMILES string of the molecule is O=C(CCl)c1cc2ccccc2nc1Cl. The molecule has 1 heterocycles. The molecule has 15 heavy (non-hydrogen) atoms. The molecule has 0 saturated heterocycles. The highest BCUT2D eigenvalue weighted by atomic mass is 35.5. The highest BCUT2D eigenvalue weighted by Gasteiger charge is 2.11. The number of carbonyl (C=O) groups excluding carboxylic acids is 1. The van der Waals surface area contributed by atoms with Crippen molar-refractivity contribution in [2.45, 2.75) is 0 Å². The van der Waals surface area contributed by atoms with Crippen LogP contribution in [0.4, 0.5) is 0 Å². The standard InChI is InChI=1S/C11H7Cl2NO/c12-6-10(15)8-5-7-3-1-2-4-9(7)14-11(8)13/h1-5H,6H2. The summed E-state index contributed by atoms with van der Waals surface area (Å²) in [6.07, 6.45) is 0. The van der Waals surface area contributed by atoms with Crippen LogP contribution in [0.3, 0.4) is 0 Å². The number of rotatable bonds is 2. The van der Waals surface area contributed by atoms with Crippen molar-refractivity contribution in [2.24, 2.45) is 0 Å². The van der Waals surface area contributed by atoms with Gasteiger partial charge in [0.15, 0.2) is 5.78 Å². The third-order valence-electron chi connectivity index (χ3n) is 2.10. The highest BCUT2D eigenvalue weighted by Crippen LogP contribution is 2.20. The molecule has 2 aromatic rings. The molecular weight excluding hydrogens is 233 g/mol. The van der Waals surface area contributed by atoms with Gasteiger partial charge in [-0.2, -0.15) is 0 Å². The fourth-order valence-electron chi connectivity index (χ4n) is 1.36. The maximum Gasteiger partial charge on any atom is 0.180 e. The number of para-hydroxylation sites is 1. The Morgan fingerprint density at radius 2 is 2.07 bits per heavy atom. The van der Waals surface area contributed by atoms with E-state index < -0.39 is 0 Å². The monoisotopic (exact) mass is 239 g/mol. The van der Waals surface area contributed by atoms with Gasteiger partial charge in [-0.1, -0.05) is 29.8 Å². The van der Waals surface area contributed by atoms with Crippen LogP contribution in [0.15, 0.2) is 30.3 Å². The molecule has 0 fully saturated rings. The van der Waals surface area contributed by atoms with E-state index in [1.54, 1.807) is 6.07 Å². The van der Waals surface area contributed by atoms with Gasteiger partial charge in [-0.15, -0.1) is 11.6 Å². The predicted octanol–water partition coefficient (Wildman–Crippen LogP) is 3.31. The van der Waals surface area contributed by atoms with Crippen LogP contribution in [0, 0.1) is 0 Å². The molecule has 0 N–H and O–H groups in total. The Balaban J connectivity index is 2.67. The molecule has 0 spiro atoms. The van der Waals surface area contributed by atoms with Gasteiger partial charge < -0.3 is 0 Å². The van der Waals surface area contributed by atoms with Crippen LogP contribution < -0.4 is 0 Å². The Kier molecular flexibility index (Phi) is 2.89. The molecule has 2 rings (SSSR count). The summed E-state index contributed by atoms with van der Waals surface area (Å²) in [7, 11) is 0. The molecule has 0 radical (unpaired) electrons. The second-order valence-electron chi connectivity index (χ2n) is 3.08. The lowest BCUT2D eigenvalue weighted by Crippen LogP contribution is -2.02. The van der Waals surface area contributed by atoms with E-state index in [-0.39, 0.29) is 16.8 Å². The summed E-state index contributed by atoms with van der Waals surface area (Å²) in [5.41, 5.74) is 1.15. The molecule has 0 bridgehead atoms. The van der Waals surface area contributed by atoms with Crippen molar-refractivity contribution in [3.05, 3.63) is 41.0 Å². The van der Waals surface area contributed by atoms with Crippen LogP contribution in [0.5, 0.6) is 0 Å². The number of hydrogen-bond acceptors (Lipinski definition) is 2. The summed E-state index contributed by atoms with van der Waals surface area (Å²) < 4.78 is 0. The molecule has 0 aliphatic carbocycles. The Hall–Kier alpha value is -1.12. The maximum atomic E-state index is 11.4. The molecule has 0 unspecified atom stereocenters. The van der Waals surface area contributed by atoms with E-state index in [9.17, 15) is 4.79 Å². The summed E-state index contributed by atoms with van der Waals surface area (Å²) in [5, 5.41) is 1.09. The Bertz CT molecular complexity index is 525. The van der Waals surface area contributed by atoms with Crippen molar-refractivity contribution in [1.29, 1.82) is 0 Å². The molecule has 0 aliphatic heterocycles. The van der Waals surface area contributed by atoms with E-state index >= 15 is 0 Å². The summed E-state index contributed by atoms with van der Waals surface area (Å²) in [6.45, 7) is 0. The number of pyridine rings is 1. The fourth-order valence-corrected chi connectivity index (χ4v) is 1.75. The van der Waals surface area contributed by atoms with Crippen molar-refractivity contribution in [3.63, 3.8) is 0 Å². The van der Waals surface area contributed by atoms with E-state index in [0.29, 0.717) is 5.56 Å². The Morgan fingerprint density at radius 1 is 1.33 bits per heavy atom. The third kappa shape index (κ3) is 1.96. The maximum absolute atomic E-state index is 11.4. The van der Waals surface area contributed by atoms with E-state index in [0.717, 1.165) is 10.9 Å². The van der Waals surface area contributed by atoms with Crippen LogP contribution in [0.1, 0.15) is 10.4 Å². The number of hydrogen-bond donors (Lipinski definition) is 0. The second-order valence-corrected chi connectivity index (χ2v) is 3.70. The second kappa shape index (κ2) is 4.17. The minimum absolute atomic E-state index is 0.0836. The van der Waals surface area contributed by atoms with Gasteiger partial charge in [-0.05, 0) is 12.1 Å². The number of carbonyl (C=O) groups is 1. The minimum Gasteiger partial charge on any atom is -0.293 e. The molecule has 0 amide bonds. The van der Waals surface area contributed by atoms with Gasteiger partial charge in [0, 0.05) is 5.39 Å². The number of nitrogens with zero attached hydrogens (tertiary/aromatic N) is 1. The summed E-state index contributed by atoms with van der Waals surface area (Å²) in [4.78, 5) is 15.6. The largest absolute Gasteiger partial charge is 0.293 e. The fraction of sp³-hybridized carbons (Fsp3) is 0.0909.